The lowest BCUT2D eigenvalue weighted by atomic mass is 10.2. The Bertz CT molecular complexity index is 911. The molecule has 2 amide bonds. The Balaban J connectivity index is 1.46. The van der Waals surface area contributed by atoms with Gasteiger partial charge >= 0.3 is 5.97 Å². The molecular formula is C20H20N2O6. The quantitative estimate of drug-likeness (QED) is 0.739. The molecule has 8 nitrogen and oxygen atoms in total. The summed E-state index contributed by atoms with van der Waals surface area (Å²) in [7, 11) is 0. The van der Waals surface area contributed by atoms with Crippen LogP contribution in [0.3, 0.4) is 0 Å². The van der Waals surface area contributed by atoms with E-state index in [-0.39, 0.29) is 13.3 Å². The summed E-state index contributed by atoms with van der Waals surface area (Å²) in [5.74, 6) is -0.616. The molecule has 1 heterocycles. The number of anilines is 1. The minimum atomic E-state index is -1.00. The van der Waals surface area contributed by atoms with Gasteiger partial charge in [-0.3, -0.25) is 14.4 Å². The lowest BCUT2D eigenvalue weighted by Gasteiger charge is -2.14. The maximum absolute atomic E-state index is 12.1. The van der Waals surface area contributed by atoms with E-state index in [1.807, 2.05) is 19.1 Å². The number of carbonyl (C=O) groups is 3. The fourth-order valence-electron chi connectivity index (χ4n) is 2.55. The van der Waals surface area contributed by atoms with E-state index in [4.69, 9.17) is 14.2 Å². The fourth-order valence-corrected chi connectivity index (χ4v) is 2.55. The average molecular weight is 384 g/mol. The van der Waals surface area contributed by atoms with E-state index in [9.17, 15) is 14.4 Å². The van der Waals surface area contributed by atoms with E-state index in [1.54, 1.807) is 24.3 Å². The summed E-state index contributed by atoms with van der Waals surface area (Å²) >= 11 is 0. The maximum Gasteiger partial charge on any atom is 0.326 e. The largest absolute Gasteiger partial charge is 0.454 e. The number of hydrogen-bond donors (Lipinski definition) is 2. The molecule has 0 unspecified atom stereocenters. The molecule has 0 radical (unpaired) electrons. The monoisotopic (exact) mass is 384 g/mol. The van der Waals surface area contributed by atoms with Gasteiger partial charge in [0.2, 0.25) is 6.79 Å². The molecule has 1 aliphatic rings. The molecule has 3 rings (SSSR count). The number of amides is 2. The lowest BCUT2D eigenvalue weighted by Crippen LogP contribution is -2.35. The van der Waals surface area contributed by atoms with Gasteiger partial charge in [0.05, 0.1) is 0 Å². The van der Waals surface area contributed by atoms with E-state index in [1.165, 1.54) is 13.0 Å². The van der Waals surface area contributed by atoms with Crippen molar-refractivity contribution in [2.45, 2.75) is 20.0 Å². The third-order valence-electron chi connectivity index (χ3n) is 3.99. The molecule has 2 aromatic rings. The second-order valence-corrected chi connectivity index (χ2v) is 6.24. The van der Waals surface area contributed by atoms with Crippen LogP contribution in [0.25, 0.3) is 0 Å². The highest BCUT2D eigenvalue weighted by Crippen LogP contribution is 2.32. The number of rotatable bonds is 6. The number of benzene rings is 2. The Morgan fingerprint density at radius 1 is 1.11 bits per heavy atom. The van der Waals surface area contributed by atoms with Gasteiger partial charge in [0.25, 0.3) is 11.8 Å². The molecule has 0 spiro atoms. The molecule has 1 atom stereocenters. The highest BCUT2D eigenvalue weighted by Gasteiger charge is 2.20. The molecule has 28 heavy (non-hydrogen) atoms. The normalized spacial score (nSPS) is 12.8. The van der Waals surface area contributed by atoms with Gasteiger partial charge in [-0.1, -0.05) is 12.1 Å². The number of nitrogens with one attached hydrogen (secondary N) is 2. The molecule has 0 aliphatic carbocycles. The van der Waals surface area contributed by atoms with Crippen LogP contribution < -0.4 is 20.1 Å². The summed E-state index contributed by atoms with van der Waals surface area (Å²) in [5, 5.41) is 5.12. The van der Waals surface area contributed by atoms with Crippen molar-refractivity contribution in [1.82, 2.24) is 5.32 Å². The van der Waals surface area contributed by atoms with Crippen molar-refractivity contribution in [2.75, 3.05) is 18.7 Å². The Hall–Kier alpha value is -3.55. The van der Waals surface area contributed by atoms with Crippen LogP contribution in [0.5, 0.6) is 11.5 Å². The highest BCUT2D eigenvalue weighted by atomic mass is 16.7. The number of fused-ring (bicyclic) bond motifs is 1. The predicted molar refractivity (Wildman–Crippen MR) is 100 cm³/mol. The molecule has 146 valence electrons. The van der Waals surface area contributed by atoms with Crippen molar-refractivity contribution in [3.8, 4) is 11.5 Å². The van der Waals surface area contributed by atoms with Crippen LogP contribution in [-0.2, 0) is 14.3 Å². The topological polar surface area (TPSA) is 103 Å². The van der Waals surface area contributed by atoms with E-state index in [0.717, 1.165) is 5.56 Å². The van der Waals surface area contributed by atoms with Crippen LogP contribution in [0.1, 0.15) is 22.8 Å². The molecule has 0 saturated heterocycles. The van der Waals surface area contributed by atoms with Crippen LogP contribution in [0, 0.1) is 6.92 Å². The Morgan fingerprint density at radius 3 is 2.68 bits per heavy atom. The van der Waals surface area contributed by atoms with Crippen molar-refractivity contribution in [3.63, 3.8) is 0 Å². The lowest BCUT2D eigenvalue weighted by molar-refractivity contribution is -0.152. The standard InChI is InChI=1S/C20H20N2O6/c1-12-4-3-5-15(8-12)22-19(24)13(2)28-18(23)10-21-20(25)14-6-7-16-17(9-14)27-11-26-16/h3-9,13H,10-11H2,1-2H3,(H,21,25)(H,22,24)/t13-/m1/s1. The summed E-state index contributed by atoms with van der Waals surface area (Å²) in [6.07, 6.45) is -1.00. The summed E-state index contributed by atoms with van der Waals surface area (Å²) in [4.78, 5) is 36.2. The van der Waals surface area contributed by atoms with Crippen molar-refractivity contribution in [2.24, 2.45) is 0 Å². The zero-order chi connectivity index (χ0) is 20.1. The highest BCUT2D eigenvalue weighted by molar-refractivity contribution is 5.97. The molecule has 8 heteroatoms. The SMILES string of the molecule is Cc1cccc(NC(=O)[C@@H](C)OC(=O)CNC(=O)c2ccc3c(c2)OCO3)c1. The molecule has 2 N–H and O–H groups in total. The number of aryl methyl sites for hydroxylation is 1. The first-order valence-electron chi connectivity index (χ1n) is 8.67. The minimum Gasteiger partial charge on any atom is -0.454 e. The number of hydrogen-bond acceptors (Lipinski definition) is 6. The first-order chi connectivity index (χ1) is 13.4. The van der Waals surface area contributed by atoms with E-state index >= 15 is 0 Å². The second-order valence-electron chi connectivity index (χ2n) is 6.24. The van der Waals surface area contributed by atoms with Crippen LogP contribution in [0.2, 0.25) is 0 Å². The van der Waals surface area contributed by atoms with Crippen molar-refractivity contribution >= 4 is 23.5 Å². The van der Waals surface area contributed by atoms with Gasteiger partial charge in [0, 0.05) is 11.3 Å². The zero-order valence-corrected chi connectivity index (χ0v) is 15.5. The molecule has 2 aromatic carbocycles. The van der Waals surface area contributed by atoms with Gasteiger partial charge in [-0.15, -0.1) is 0 Å². The van der Waals surface area contributed by atoms with E-state index in [2.05, 4.69) is 10.6 Å². The van der Waals surface area contributed by atoms with E-state index in [0.29, 0.717) is 22.7 Å². The average Bonchev–Trinajstić information content (AvgIpc) is 3.13. The Kier molecular flexibility index (Phi) is 5.78. The summed E-state index contributed by atoms with van der Waals surface area (Å²) < 4.78 is 15.5. The third-order valence-corrected chi connectivity index (χ3v) is 3.99. The second kappa shape index (κ2) is 8.43. The van der Waals surface area contributed by atoms with E-state index < -0.39 is 23.9 Å². The van der Waals surface area contributed by atoms with Gasteiger partial charge in [0.1, 0.15) is 6.54 Å². The first kappa shape index (κ1) is 19.2. The van der Waals surface area contributed by atoms with Crippen molar-refractivity contribution < 1.29 is 28.6 Å². The summed E-state index contributed by atoms with van der Waals surface area (Å²) in [5.41, 5.74) is 1.93. The Morgan fingerprint density at radius 2 is 1.89 bits per heavy atom. The predicted octanol–water partition coefficient (Wildman–Crippen LogP) is 2.02. The summed E-state index contributed by atoms with van der Waals surface area (Å²) in [6, 6.07) is 12.0. The van der Waals surface area contributed by atoms with Gasteiger partial charge in [-0.25, -0.2) is 0 Å². The molecule has 0 aromatic heterocycles. The van der Waals surface area contributed by atoms with Crippen LogP contribution in [0.15, 0.2) is 42.5 Å². The Labute approximate surface area is 161 Å². The smallest absolute Gasteiger partial charge is 0.326 e. The summed E-state index contributed by atoms with van der Waals surface area (Å²) in [6.45, 7) is 3.11. The maximum atomic E-state index is 12.1. The van der Waals surface area contributed by atoms with Crippen molar-refractivity contribution in [3.05, 3.63) is 53.6 Å². The molecule has 0 saturated carbocycles. The molecule has 0 bridgehead atoms. The van der Waals surface area contributed by atoms with Crippen LogP contribution >= 0.6 is 0 Å². The number of esters is 1. The molecular weight excluding hydrogens is 364 g/mol. The zero-order valence-electron chi connectivity index (χ0n) is 15.5. The van der Waals surface area contributed by atoms with Crippen LogP contribution in [-0.4, -0.2) is 37.2 Å². The van der Waals surface area contributed by atoms with Crippen molar-refractivity contribution in [1.29, 1.82) is 0 Å². The van der Waals surface area contributed by atoms with Gasteiger partial charge in [0.15, 0.2) is 17.6 Å². The third kappa shape index (κ3) is 4.79. The molecule has 0 fully saturated rings. The number of ether oxygens (including phenoxy) is 3. The van der Waals surface area contributed by atoms with Crippen LogP contribution in [0.4, 0.5) is 5.69 Å². The number of carbonyl (C=O) groups excluding carboxylic acids is 3. The van der Waals surface area contributed by atoms with Gasteiger partial charge < -0.3 is 24.8 Å². The molecule has 1 aliphatic heterocycles. The van der Waals surface area contributed by atoms with Gasteiger partial charge in [-0.05, 0) is 49.7 Å². The van der Waals surface area contributed by atoms with Gasteiger partial charge in [-0.2, -0.15) is 0 Å². The minimum absolute atomic E-state index is 0.106. The fraction of sp³-hybridized carbons (Fsp3) is 0.250. The first-order valence-corrected chi connectivity index (χ1v) is 8.67.